The van der Waals surface area contributed by atoms with Gasteiger partial charge in [-0.25, -0.2) is 4.79 Å². The molecule has 0 saturated heterocycles. The molecular weight excluding hydrogens is 625 g/mol. The van der Waals surface area contributed by atoms with Crippen molar-refractivity contribution in [3.05, 3.63) is 33.9 Å². The predicted octanol–water partition coefficient (Wildman–Crippen LogP) is 13.4. The van der Waals surface area contributed by atoms with E-state index in [0.717, 1.165) is 37.7 Å². The van der Waals surface area contributed by atoms with Crippen LogP contribution in [0.15, 0.2) is 6.07 Å². The highest BCUT2D eigenvalue weighted by atomic mass is 28.4. The smallest absolute Gasteiger partial charge is 0.478 e. The second-order valence-electron chi connectivity index (χ2n) is 14.4. The number of unbranched alkanes of at least 4 members (excludes halogenated alkanes) is 20. The van der Waals surface area contributed by atoms with E-state index in [-0.39, 0.29) is 0 Å². The molecule has 0 heterocycles. The number of carbonyl (C=O) groups is 1. The minimum Gasteiger partial charge on any atom is -0.478 e. The maximum atomic E-state index is 12.7. The Balaban J connectivity index is 2.62. The topological polar surface area (TPSA) is 65.0 Å². The summed E-state index contributed by atoms with van der Waals surface area (Å²) in [5, 5.41) is 10.4. The van der Waals surface area contributed by atoms with Crippen LogP contribution in [0.25, 0.3) is 0 Å². The van der Waals surface area contributed by atoms with Gasteiger partial charge in [0.15, 0.2) is 0 Å². The van der Waals surface area contributed by atoms with Gasteiger partial charge in [0.25, 0.3) is 0 Å². The molecular formula is C43H80O5Si. The molecule has 49 heavy (non-hydrogen) atoms. The number of aromatic carboxylic acids is 1. The van der Waals surface area contributed by atoms with Crippen molar-refractivity contribution in [2.75, 3.05) is 19.8 Å². The molecule has 0 fully saturated rings. The molecule has 1 rings (SSSR count). The molecule has 6 heteroatoms. The summed E-state index contributed by atoms with van der Waals surface area (Å²) < 4.78 is 18.3. The van der Waals surface area contributed by atoms with Crippen molar-refractivity contribution < 1.29 is 23.2 Å². The zero-order chi connectivity index (χ0) is 36.0. The molecule has 0 saturated carbocycles. The van der Waals surface area contributed by atoms with Gasteiger partial charge in [-0.2, -0.15) is 0 Å². The average Bonchev–Trinajstić information content (AvgIpc) is 3.08. The SMILES string of the molecule is CCCCCCCCCCCCCCCCCCCCc1cc(C(=O)O)c(CCC[Si](OCC)(OCC)OCC)c(CCCCCC)c1C. The van der Waals surface area contributed by atoms with Crippen molar-refractivity contribution in [2.45, 2.75) is 215 Å². The summed E-state index contributed by atoms with van der Waals surface area (Å²) in [6, 6.07) is 2.71. The van der Waals surface area contributed by atoms with Gasteiger partial charge in [0.05, 0.1) is 5.56 Å². The lowest BCUT2D eigenvalue weighted by Gasteiger charge is -2.28. The van der Waals surface area contributed by atoms with Crippen molar-refractivity contribution in [3.8, 4) is 0 Å². The number of benzene rings is 1. The highest BCUT2D eigenvalue weighted by molar-refractivity contribution is 6.60. The van der Waals surface area contributed by atoms with Crippen LogP contribution >= 0.6 is 0 Å². The summed E-state index contributed by atoms with van der Waals surface area (Å²) in [4.78, 5) is 12.7. The lowest BCUT2D eigenvalue weighted by molar-refractivity contribution is 0.0694. The Morgan fingerprint density at radius 3 is 1.31 bits per heavy atom. The molecule has 0 aliphatic rings. The Hall–Kier alpha value is -1.21. The standard InChI is InChI=1S/C43H80O5Si/c1-7-12-14-16-17-18-19-20-21-22-23-24-25-26-27-28-29-30-33-39-37-42(43(44)45)41(40(38(39)6)34-31-15-13-8-2)35-32-36-49(46-9-3,47-10-4)48-11-5/h37H,7-36H2,1-6H3,(H,44,45). The summed E-state index contributed by atoms with van der Waals surface area (Å²) in [6.07, 6.45) is 32.9. The van der Waals surface area contributed by atoms with Crippen LogP contribution in [0, 0.1) is 6.92 Å². The predicted molar refractivity (Wildman–Crippen MR) is 212 cm³/mol. The Morgan fingerprint density at radius 2 is 0.898 bits per heavy atom. The number of aryl methyl sites for hydroxylation is 1. The number of rotatable bonds is 35. The van der Waals surface area contributed by atoms with E-state index < -0.39 is 14.8 Å². The Morgan fingerprint density at radius 1 is 0.531 bits per heavy atom. The highest BCUT2D eigenvalue weighted by Crippen LogP contribution is 2.30. The maximum absolute atomic E-state index is 12.7. The molecule has 1 aromatic rings. The van der Waals surface area contributed by atoms with Crippen molar-refractivity contribution >= 4 is 14.8 Å². The Bertz CT molecular complexity index is 932. The zero-order valence-corrected chi connectivity index (χ0v) is 34.4. The molecule has 0 bridgehead atoms. The molecule has 0 spiro atoms. The van der Waals surface area contributed by atoms with E-state index in [1.807, 2.05) is 26.8 Å². The summed E-state index contributed by atoms with van der Waals surface area (Å²) in [6.45, 7) is 14.4. The van der Waals surface area contributed by atoms with Gasteiger partial charge in [-0.15, -0.1) is 0 Å². The first-order chi connectivity index (χ1) is 23.9. The third-order valence-electron chi connectivity index (χ3n) is 10.3. The quantitative estimate of drug-likeness (QED) is 0.0563. The van der Waals surface area contributed by atoms with Crippen molar-refractivity contribution in [1.82, 2.24) is 0 Å². The van der Waals surface area contributed by atoms with E-state index in [4.69, 9.17) is 13.3 Å². The minimum atomic E-state index is -2.77. The zero-order valence-electron chi connectivity index (χ0n) is 33.4. The number of carboxylic acids is 1. The second kappa shape index (κ2) is 30.4. The normalized spacial score (nSPS) is 11.9. The fraction of sp³-hybridized carbons (Fsp3) is 0.837. The summed E-state index contributed by atoms with van der Waals surface area (Å²) in [7, 11) is -2.77. The molecule has 0 radical (unpaired) electrons. The molecule has 286 valence electrons. The van der Waals surface area contributed by atoms with E-state index in [1.165, 1.54) is 145 Å². The van der Waals surface area contributed by atoms with Gasteiger partial charge in [0, 0.05) is 25.9 Å². The molecule has 0 amide bonds. The molecule has 0 unspecified atom stereocenters. The first kappa shape index (κ1) is 45.8. The summed E-state index contributed by atoms with van der Waals surface area (Å²) in [5.41, 5.74) is 5.38. The van der Waals surface area contributed by atoms with Crippen molar-refractivity contribution in [3.63, 3.8) is 0 Å². The Labute approximate surface area is 305 Å². The van der Waals surface area contributed by atoms with Gasteiger partial charge < -0.3 is 18.4 Å². The summed E-state index contributed by atoms with van der Waals surface area (Å²) in [5.74, 6) is -0.799. The molecule has 1 N–H and O–H groups in total. The van der Waals surface area contributed by atoms with E-state index in [2.05, 4.69) is 20.8 Å². The molecule has 0 atom stereocenters. The van der Waals surface area contributed by atoms with Gasteiger partial charge >= 0.3 is 14.8 Å². The second-order valence-corrected chi connectivity index (χ2v) is 17.1. The van der Waals surface area contributed by atoms with Gasteiger partial charge in [-0.05, 0) is 94.5 Å². The van der Waals surface area contributed by atoms with Crippen LogP contribution in [0.4, 0.5) is 0 Å². The monoisotopic (exact) mass is 705 g/mol. The number of hydrogen-bond acceptors (Lipinski definition) is 4. The van der Waals surface area contributed by atoms with Crippen LogP contribution in [-0.2, 0) is 32.5 Å². The lowest BCUT2D eigenvalue weighted by atomic mass is 9.85. The van der Waals surface area contributed by atoms with E-state index in [0.29, 0.717) is 37.8 Å². The molecule has 5 nitrogen and oxygen atoms in total. The number of hydrogen-bond donors (Lipinski definition) is 1. The maximum Gasteiger partial charge on any atom is 0.500 e. The van der Waals surface area contributed by atoms with E-state index in [9.17, 15) is 9.90 Å². The fourth-order valence-electron chi connectivity index (χ4n) is 7.46. The highest BCUT2D eigenvalue weighted by Gasteiger charge is 2.39. The van der Waals surface area contributed by atoms with Crippen LogP contribution in [0.1, 0.15) is 215 Å². The summed E-state index contributed by atoms with van der Waals surface area (Å²) >= 11 is 0. The van der Waals surface area contributed by atoms with Gasteiger partial charge in [-0.1, -0.05) is 142 Å². The van der Waals surface area contributed by atoms with Crippen LogP contribution in [0.3, 0.4) is 0 Å². The van der Waals surface area contributed by atoms with Crippen LogP contribution in [0.2, 0.25) is 6.04 Å². The molecule has 0 aliphatic heterocycles. The van der Waals surface area contributed by atoms with Gasteiger partial charge in [-0.3, -0.25) is 0 Å². The van der Waals surface area contributed by atoms with Crippen LogP contribution in [-0.4, -0.2) is 39.7 Å². The van der Waals surface area contributed by atoms with Crippen LogP contribution in [0.5, 0.6) is 0 Å². The van der Waals surface area contributed by atoms with E-state index >= 15 is 0 Å². The van der Waals surface area contributed by atoms with E-state index in [1.54, 1.807) is 0 Å². The van der Waals surface area contributed by atoms with Crippen LogP contribution < -0.4 is 0 Å². The molecule has 0 aromatic heterocycles. The van der Waals surface area contributed by atoms with Gasteiger partial charge in [0.1, 0.15) is 0 Å². The van der Waals surface area contributed by atoms with Crippen molar-refractivity contribution in [1.29, 1.82) is 0 Å². The first-order valence-corrected chi connectivity index (χ1v) is 23.1. The Kier molecular flexibility index (Phi) is 28.4. The largest absolute Gasteiger partial charge is 0.500 e. The third kappa shape index (κ3) is 20.4. The fourth-order valence-corrected chi connectivity index (χ4v) is 10.1. The third-order valence-corrected chi connectivity index (χ3v) is 13.4. The molecule has 1 aromatic carbocycles. The minimum absolute atomic E-state index is 0.505. The molecule has 0 aliphatic carbocycles. The van der Waals surface area contributed by atoms with Gasteiger partial charge in [0.2, 0.25) is 0 Å². The van der Waals surface area contributed by atoms with Crippen molar-refractivity contribution in [2.24, 2.45) is 0 Å². The first-order valence-electron chi connectivity index (χ1n) is 21.2. The average molecular weight is 705 g/mol. The lowest BCUT2D eigenvalue weighted by Crippen LogP contribution is -2.46. The number of carboxylic acid groups (broad SMARTS) is 1.